The molecule has 0 aromatic rings. The van der Waals surface area contributed by atoms with E-state index in [4.69, 9.17) is 10.4 Å². The van der Waals surface area contributed by atoms with E-state index in [2.05, 4.69) is 11.4 Å². The summed E-state index contributed by atoms with van der Waals surface area (Å²) in [4.78, 5) is 24.9. The minimum atomic E-state index is -1.19. The molecule has 0 saturated carbocycles. The van der Waals surface area contributed by atoms with Gasteiger partial charge in [-0.05, 0) is 18.3 Å². The van der Waals surface area contributed by atoms with Gasteiger partial charge in [0.2, 0.25) is 5.91 Å². The standard InChI is InChI=1S/C13H21N3O3/c1-13(2,3)10(15-12(18)19)11(17)16-6-4-9(8-14)5-7-16/h9-10,15H,4-7H2,1-3H3,(H,18,19)/t10-/m0/s1. The highest BCUT2D eigenvalue weighted by Gasteiger charge is 2.36. The van der Waals surface area contributed by atoms with Gasteiger partial charge in [-0.25, -0.2) is 4.79 Å². The zero-order chi connectivity index (χ0) is 14.6. The van der Waals surface area contributed by atoms with Crippen molar-refractivity contribution in [3.63, 3.8) is 0 Å². The first-order chi connectivity index (χ1) is 8.75. The van der Waals surface area contributed by atoms with Gasteiger partial charge >= 0.3 is 6.09 Å². The van der Waals surface area contributed by atoms with E-state index in [-0.39, 0.29) is 11.8 Å². The van der Waals surface area contributed by atoms with E-state index in [1.807, 2.05) is 20.8 Å². The van der Waals surface area contributed by atoms with Crippen LogP contribution in [0.15, 0.2) is 0 Å². The van der Waals surface area contributed by atoms with Crippen molar-refractivity contribution in [3.8, 4) is 6.07 Å². The van der Waals surface area contributed by atoms with Crippen LogP contribution >= 0.6 is 0 Å². The predicted octanol–water partition coefficient (Wildman–Crippen LogP) is 1.43. The van der Waals surface area contributed by atoms with Crippen LogP contribution < -0.4 is 5.32 Å². The number of carboxylic acid groups (broad SMARTS) is 1. The Morgan fingerprint density at radius 3 is 2.26 bits per heavy atom. The van der Waals surface area contributed by atoms with Crippen LogP contribution in [-0.4, -0.2) is 41.1 Å². The highest BCUT2D eigenvalue weighted by Crippen LogP contribution is 2.24. The summed E-state index contributed by atoms with van der Waals surface area (Å²) in [7, 11) is 0. The van der Waals surface area contributed by atoms with Crippen molar-refractivity contribution in [1.29, 1.82) is 5.26 Å². The molecule has 6 heteroatoms. The van der Waals surface area contributed by atoms with Gasteiger partial charge in [0.05, 0.1) is 6.07 Å². The van der Waals surface area contributed by atoms with Crippen LogP contribution in [0.4, 0.5) is 4.79 Å². The Labute approximate surface area is 113 Å². The molecular formula is C13H21N3O3. The molecule has 0 unspecified atom stereocenters. The van der Waals surface area contributed by atoms with Gasteiger partial charge < -0.3 is 15.3 Å². The number of nitriles is 1. The Kier molecular flexibility index (Phi) is 4.76. The zero-order valence-electron chi connectivity index (χ0n) is 11.6. The van der Waals surface area contributed by atoms with Crippen molar-refractivity contribution in [2.45, 2.75) is 39.7 Å². The summed E-state index contributed by atoms with van der Waals surface area (Å²) in [5.41, 5.74) is -0.485. The molecular weight excluding hydrogens is 246 g/mol. The molecule has 106 valence electrons. The average molecular weight is 267 g/mol. The largest absolute Gasteiger partial charge is 0.465 e. The van der Waals surface area contributed by atoms with E-state index in [0.29, 0.717) is 25.9 Å². The average Bonchev–Trinajstić information content (AvgIpc) is 2.34. The maximum atomic E-state index is 12.4. The molecule has 0 aromatic heterocycles. The van der Waals surface area contributed by atoms with Crippen molar-refractivity contribution in [2.75, 3.05) is 13.1 Å². The molecule has 0 bridgehead atoms. The SMILES string of the molecule is CC(C)(C)[C@@H](NC(=O)O)C(=O)N1CCC(C#N)CC1. The summed E-state index contributed by atoms with van der Waals surface area (Å²) >= 11 is 0. The fourth-order valence-corrected chi connectivity index (χ4v) is 2.18. The Morgan fingerprint density at radius 1 is 1.37 bits per heavy atom. The first-order valence-electron chi connectivity index (χ1n) is 6.43. The van der Waals surface area contributed by atoms with E-state index >= 15 is 0 Å². The maximum Gasteiger partial charge on any atom is 0.405 e. The van der Waals surface area contributed by atoms with E-state index in [1.54, 1.807) is 4.90 Å². The summed E-state index contributed by atoms with van der Waals surface area (Å²) in [6, 6.07) is 1.45. The fraction of sp³-hybridized carbons (Fsp3) is 0.769. The first-order valence-corrected chi connectivity index (χ1v) is 6.43. The molecule has 1 saturated heterocycles. The number of amides is 2. The summed E-state index contributed by atoms with van der Waals surface area (Å²) in [5, 5.41) is 20.0. The van der Waals surface area contributed by atoms with Crippen molar-refractivity contribution >= 4 is 12.0 Å². The number of nitrogens with one attached hydrogen (secondary N) is 1. The number of rotatable bonds is 2. The number of nitrogens with zero attached hydrogens (tertiary/aromatic N) is 2. The van der Waals surface area contributed by atoms with Crippen LogP contribution in [0.1, 0.15) is 33.6 Å². The van der Waals surface area contributed by atoms with Crippen LogP contribution in [0, 0.1) is 22.7 Å². The van der Waals surface area contributed by atoms with Crippen molar-refractivity contribution in [3.05, 3.63) is 0 Å². The Hall–Kier alpha value is -1.77. The lowest BCUT2D eigenvalue weighted by Crippen LogP contribution is -2.55. The third-order valence-corrected chi connectivity index (χ3v) is 3.37. The third-order valence-electron chi connectivity index (χ3n) is 3.37. The molecule has 0 radical (unpaired) electrons. The molecule has 19 heavy (non-hydrogen) atoms. The van der Waals surface area contributed by atoms with Crippen LogP contribution in [0.25, 0.3) is 0 Å². The highest BCUT2D eigenvalue weighted by atomic mass is 16.4. The molecule has 6 nitrogen and oxygen atoms in total. The molecule has 0 spiro atoms. The number of hydrogen-bond acceptors (Lipinski definition) is 3. The van der Waals surface area contributed by atoms with Gasteiger partial charge in [-0.1, -0.05) is 20.8 Å². The molecule has 2 amide bonds. The van der Waals surface area contributed by atoms with Crippen LogP contribution in [-0.2, 0) is 4.79 Å². The molecule has 0 aliphatic carbocycles. The molecule has 2 N–H and O–H groups in total. The van der Waals surface area contributed by atoms with Crippen LogP contribution in [0.2, 0.25) is 0 Å². The van der Waals surface area contributed by atoms with Crippen molar-refractivity contribution in [1.82, 2.24) is 10.2 Å². The van der Waals surface area contributed by atoms with Crippen molar-refractivity contribution < 1.29 is 14.7 Å². The van der Waals surface area contributed by atoms with Gasteiger partial charge in [0, 0.05) is 19.0 Å². The van der Waals surface area contributed by atoms with Gasteiger partial charge in [0.25, 0.3) is 0 Å². The monoisotopic (exact) mass is 267 g/mol. The van der Waals surface area contributed by atoms with E-state index in [0.717, 1.165) is 0 Å². The normalized spacial score (nSPS) is 18.5. The highest BCUT2D eigenvalue weighted by molar-refractivity contribution is 5.86. The Morgan fingerprint density at radius 2 is 1.89 bits per heavy atom. The van der Waals surface area contributed by atoms with E-state index < -0.39 is 17.6 Å². The Bertz CT molecular complexity index is 387. The lowest BCUT2D eigenvalue weighted by molar-refractivity contribution is -0.137. The second-order valence-electron chi connectivity index (χ2n) is 5.98. The van der Waals surface area contributed by atoms with Crippen LogP contribution in [0.3, 0.4) is 0 Å². The molecule has 1 rings (SSSR count). The topological polar surface area (TPSA) is 93.4 Å². The minimum absolute atomic E-state index is 0.00423. The number of carbonyl (C=O) groups is 2. The fourth-order valence-electron chi connectivity index (χ4n) is 2.18. The van der Waals surface area contributed by atoms with Gasteiger partial charge in [0.1, 0.15) is 6.04 Å². The summed E-state index contributed by atoms with van der Waals surface area (Å²) in [5.74, 6) is -0.198. The lowest BCUT2D eigenvalue weighted by atomic mass is 9.85. The van der Waals surface area contributed by atoms with Gasteiger partial charge in [0.15, 0.2) is 0 Å². The molecule has 1 atom stereocenters. The summed E-state index contributed by atoms with van der Waals surface area (Å²) < 4.78 is 0. The smallest absolute Gasteiger partial charge is 0.405 e. The predicted molar refractivity (Wildman–Crippen MR) is 69.3 cm³/mol. The molecule has 1 fully saturated rings. The van der Waals surface area contributed by atoms with Crippen LogP contribution in [0.5, 0.6) is 0 Å². The van der Waals surface area contributed by atoms with E-state index in [9.17, 15) is 9.59 Å². The Balaban J connectivity index is 2.73. The second kappa shape index (κ2) is 5.91. The van der Waals surface area contributed by atoms with E-state index in [1.165, 1.54) is 0 Å². The molecule has 1 aliphatic rings. The molecule has 0 aromatic carbocycles. The second-order valence-corrected chi connectivity index (χ2v) is 5.98. The van der Waals surface area contributed by atoms with Crippen molar-refractivity contribution in [2.24, 2.45) is 11.3 Å². The van der Waals surface area contributed by atoms with Gasteiger partial charge in [-0.15, -0.1) is 0 Å². The molecule has 1 aliphatic heterocycles. The molecule has 1 heterocycles. The number of carbonyl (C=O) groups excluding carboxylic acids is 1. The number of hydrogen-bond donors (Lipinski definition) is 2. The quantitative estimate of drug-likeness (QED) is 0.791. The summed E-state index contributed by atoms with van der Waals surface area (Å²) in [6.07, 6.45) is 0.124. The van der Waals surface area contributed by atoms with Gasteiger partial charge in [-0.2, -0.15) is 5.26 Å². The number of likely N-dealkylation sites (tertiary alicyclic amines) is 1. The third kappa shape index (κ3) is 4.12. The summed E-state index contributed by atoms with van der Waals surface area (Å²) in [6.45, 7) is 6.52. The maximum absolute atomic E-state index is 12.4. The minimum Gasteiger partial charge on any atom is -0.465 e. The van der Waals surface area contributed by atoms with Gasteiger partial charge in [-0.3, -0.25) is 4.79 Å². The zero-order valence-corrected chi connectivity index (χ0v) is 11.6. The lowest BCUT2D eigenvalue weighted by Gasteiger charge is -2.36. The first kappa shape index (κ1) is 15.3. The number of piperidine rings is 1.